The van der Waals surface area contributed by atoms with E-state index in [-0.39, 0.29) is 5.97 Å². The summed E-state index contributed by atoms with van der Waals surface area (Å²) >= 11 is 7.60. The number of carbonyl (C=O) groups excluding carboxylic acids is 1. The molecule has 0 unspecified atom stereocenters. The number of aryl methyl sites for hydroxylation is 1. The van der Waals surface area contributed by atoms with E-state index in [0.29, 0.717) is 23.0 Å². The second-order valence-electron chi connectivity index (χ2n) is 4.14. The number of pyridine rings is 1. The van der Waals surface area contributed by atoms with Crippen LogP contribution in [-0.2, 0) is 16.6 Å². The molecule has 8 heteroatoms. The molecule has 0 aliphatic rings. The molecule has 0 fully saturated rings. The van der Waals surface area contributed by atoms with Crippen LogP contribution in [0.4, 0.5) is 11.6 Å². The molecule has 0 spiro atoms. The lowest BCUT2D eigenvalue weighted by Gasteiger charge is -2.09. The van der Waals surface area contributed by atoms with Gasteiger partial charge in [0.25, 0.3) is 0 Å². The maximum Gasteiger partial charge on any atom is 0.306 e. The molecule has 6 nitrogen and oxygen atoms in total. The van der Waals surface area contributed by atoms with Crippen LogP contribution in [0.2, 0.25) is 5.02 Å². The van der Waals surface area contributed by atoms with Gasteiger partial charge in [-0.2, -0.15) is 5.10 Å². The number of nitrogens with one attached hydrogen (secondary N) is 1. The Labute approximate surface area is 131 Å². The highest BCUT2D eigenvalue weighted by atomic mass is 35.5. The van der Waals surface area contributed by atoms with Gasteiger partial charge in [-0.15, -0.1) is 11.8 Å². The number of aromatic nitrogens is 3. The SMILES string of the molecule is COC(=O)CCSc1cc(Nc2ccnn2C)ncc1Cl. The highest BCUT2D eigenvalue weighted by Crippen LogP contribution is 2.29. The van der Waals surface area contributed by atoms with Gasteiger partial charge in [0, 0.05) is 30.0 Å². The Morgan fingerprint density at radius 2 is 2.38 bits per heavy atom. The minimum absolute atomic E-state index is 0.235. The van der Waals surface area contributed by atoms with E-state index in [4.69, 9.17) is 11.6 Å². The predicted octanol–water partition coefficient (Wildman–Crippen LogP) is 2.87. The van der Waals surface area contributed by atoms with Crippen LogP contribution in [0.1, 0.15) is 6.42 Å². The van der Waals surface area contributed by atoms with E-state index in [1.807, 2.05) is 19.2 Å². The fraction of sp³-hybridized carbons (Fsp3) is 0.308. The number of ether oxygens (including phenoxy) is 1. The Morgan fingerprint density at radius 3 is 3.05 bits per heavy atom. The average molecular weight is 327 g/mol. The molecule has 112 valence electrons. The van der Waals surface area contributed by atoms with Crippen LogP contribution >= 0.6 is 23.4 Å². The van der Waals surface area contributed by atoms with Crippen molar-refractivity contribution in [1.29, 1.82) is 0 Å². The molecule has 0 amide bonds. The zero-order chi connectivity index (χ0) is 15.2. The van der Waals surface area contributed by atoms with Crippen molar-refractivity contribution in [3.05, 3.63) is 29.5 Å². The molecule has 0 saturated heterocycles. The molecule has 0 aliphatic heterocycles. The molecule has 0 atom stereocenters. The molecular weight excluding hydrogens is 312 g/mol. The summed E-state index contributed by atoms with van der Waals surface area (Å²) in [7, 11) is 3.21. The van der Waals surface area contributed by atoms with Crippen LogP contribution in [0.5, 0.6) is 0 Å². The van der Waals surface area contributed by atoms with Crippen molar-refractivity contribution >= 4 is 41.0 Å². The third kappa shape index (κ3) is 4.37. The third-order valence-electron chi connectivity index (χ3n) is 2.69. The summed E-state index contributed by atoms with van der Waals surface area (Å²) in [5.41, 5.74) is 0. The summed E-state index contributed by atoms with van der Waals surface area (Å²) in [4.78, 5) is 16.2. The molecule has 0 aromatic carbocycles. The zero-order valence-electron chi connectivity index (χ0n) is 11.7. The molecule has 2 rings (SSSR count). The van der Waals surface area contributed by atoms with Crippen LogP contribution in [-0.4, -0.2) is 33.6 Å². The van der Waals surface area contributed by atoms with E-state index >= 15 is 0 Å². The van der Waals surface area contributed by atoms with Gasteiger partial charge < -0.3 is 10.1 Å². The number of halogens is 1. The first-order valence-corrected chi connectivity index (χ1v) is 7.56. The Hall–Kier alpha value is -1.73. The first-order chi connectivity index (χ1) is 10.1. The van der Waals surface area contributed by atoms with E-state index in [0.717, 1.165) is 10.7 Å². The maximum atomic E-state index is 11.1. The monoisotopic (exact) mass is 326 g/mol. The highest BCUT2D eigenvalue weighted by Gasteiger charge is 2.08. The zero-order valence-corrected chi connectivity index (χ0v) is 13.2. The number of nitrogens with zero attached hydrogens (tertiary/aromatic N) is 3. The van der Waals surface area contributed by atoms with Crippen molar-refractivity contribution in [1.82, 2.24) is 14.8 Å². The topological polar surface area (TPSA) is 69.0 Å². The number of esters is 1. The van der Waals surface area contributed by atoms with E-state index in [9.17, 15) is 4.79 Å². The van der Waals surface area contributed by atoms with Crippen LogP contribution < -0.4 is 5.32 Å². The lowest BCUT2D eigenvalue weighted by atomic mass is 10.4. The predicted molar refractivity (Wildman–Crippen MR) is 83.1 cm³/mol. The van der Waals surface area contributed by atoms with Crippen LogP contribution in [0.25, 0.3) is 0 Å². The largest absolute Gasteiger partial charge is 0.469 e. The van der Waals surface area contributed by atoms with Gasteiger partial charge in [0.15, 0.2) is 0 Å². The van der Waals surface area contributed by atoms with Crippen LogP contribution in [0, 0.1) is 0 Å². The van der Waals surface area contributed by atoms with Gasteiger partial charge in [0.1, 0.15) is 11.6 Å². The molecule has 0 aliphatic carbocycles. The minimum Gasteiger partial charge on any atom is -0.469 e. The van der Waals surface area contributed by atoms with Crippen molar-refractivity contribution in [3.63, 3.8) is 0 Å². The molecule has 1 N–H and O–H groups in total. The fourth-order valence-corrected chi connectivity index (χ4v) is 2.71. The molecule has 0 radical (unpaired) electrons. The summed E-state index contributed by atoms with van der Waals surface area (Å²) in [5, 5.41) is 7.79. The Morgan fingerprint density at radius 1 is 1.57 bits per heavy atom. The van der Waals surface area contributed by atoms with E-state index in [2.05, 4.69) is 20.1 Å². The normalized spacial score (nSPS) is 10.4. The van der Waals surface area contributed by atoms with Crippen molar-refractivity contribution < 1.29 is 9.53 Å². The Balaban J connectivity index is 2.03. The number of anilines is 2. The van der Waals surface area contributed by atoms with Gasteiger partial charge in [0.05, 0.1) is 24.8 Å². The molecule has 2 aromatic heterocycles. The van der Waals surface area contributed by atoms with Gasteiger partial charge in [-0.05, 0) is 6.07 Å². The average Bonchev–Trinajstić information content (AvgIpc) is 2.87. The minimum atomic E-state index is -0.235. The molecular formula is C13H15ClN4O2S. The summed E-state index contributed by atoms with van der Waals surface area (Å²) in [6.45, 7) is 0. The Bertz CT molecular complexity index is 632. The molecule has 2 aromatic rings. The van der Waals surface area contributed by atoms with Gasteiger partial charge >= 0.3 is 5.97 Å². The summed E-state index contributed by atoms with van der Waals surface area (Å²) in [6.07, 6.45) is 3.62. The smallest absolute Gasteiger partial charge is 0.306 e. The number of hydrogen-bond acceptors (Lipinski definition) is 6. The summed E-state index contributed by atoms with van der Waals surface area (Å²) in [5.74, 6) is 1.86. The summed E-state index contributed by atoms with van der Waals surface area (Å²) in [6, 6.07) is 3.69. The van der Waals surface area contributed by atoms with Crippen LogP contribution in [0.15, 0.2) is 29.4 Å². The van der Waals surface area contributed by atoms with E-state index in [1.165, 1.54) is 18.9 Å². The quantitative estimate of drug-likeness (QED) is 0.650. The van der Waals surface area contributed by atoms with Crippen molar-refractivity contribution in [3.8, 4) is 0 Å². The number of carbonyl (C=O) groups is 1. The number of methoxy groups -OCH3 is 1. The lowest BCUT2D eigenvalue weighted by Crippen LogP contribution is -2.02. The van der Waals surface area contributed by atoms with Gasteiger partial charge in [0.2, 0.25) is 0 Å². The van der Waals surface area contributed by atoms with E-state index in [1.54, 1.807) is 17.1 Å². The van der Waals surface area contributed by atoms with Crippen molar-refractivity contribution in [2.45, 2.75) is 11.3 Å². The van der Waals surface area contributed by atoms with Crippen molar-refractivity contribution in [2.75, 3.05) is 18.2 Å². The second kappa shape index (κ2) is 7.33. The van der Waals surface area contributed by atoms with Crippen molar-refractivity contribution in [2.24, 2.45) is 7.05 Å². The van der Waals surface area contributed by atoms with Gasteiger partial charge in [-0.25, -0.2) is 4.98 Å². The molecule has 2 heterocycles. The Kier molecular flexibility index (Phi) is 5.46. The number of hydrogen-bond donors (Lipinski definition) is 1. The lowest BCUT2D eigenvalue weighted by molar-refractivity contribution is -0.140. The fourth-order valence-electron chi connectivity index (χ4n) is 1.57. The molecule has 0 bridgehead atoms. The third-order valence-corrected chi connectivity index (χ3v) is 4.16. The van der Waals surface area contributed by atoms with Gasteiger partial charge in [-0.3, -0.25) is 9.48 Å². The molecule has 21 heavy (non-hydrogen) atoms. The molecule has 0 saturated carbocycles. The highest BCUT2D eigenvalue weighted by molar-refractivity contribution is 7.99. The van der Waals surface area contributed by atoms with Crippen LogP contribution in [0.3, 0.4) is 0 Å². The van der Waals surface area contributed by atoms with E-state index < -0.39 is 0 Å². The first kappa shape index (κ1) is 15.7. The number of rotatable bonds is 6. The first-order valence-electron chi connectivity index (χ1n) is 6.20. The van der Waals surface area contributed by atoms with Gasteiger partial charge in [-0.1, -0.05) is 11.6 Å². The maximum absolute atomic E-state index is 11.1. The summed E-state index contributed by atoms with van der Waals surface area (Å²) < 4.78 is 6.31. The number of thioether (sulfide) groups is 1. The second-order valence-corrected chi connectivity index (χ2v) is 5.68. The standard InChI is InChI=1S/C13H15ClN4O2S/c1-18-12(3-5-16-18)17-11-7-10(9(14)8-15-11)21-6-4-13(19)20-2/h3,5,7-8H,4,6H2,1-2H3,(H,15,17).